The first-order valence-electron chi connectivity index (χ1n) is 9.64. The lowest BCUT2D eigenvalue weighted by molar-refractivity contribution is -0.113. The van der Waals surface area contributed by atoms with Gasteiger partial charge in [-0.3, -0.25) is 4.79 Å². The predicted octanol–water partition coefficient (Wildman–Crippen LogP) is 5.05. The van der Waals surface area contributed by atoms with E-state index in [1.54, 1.807) is 34.0 Å². The van der Waals surface area contributed by atoms with Gasteiger partial charge in [-0.15, -0.1) is 23.1 Å². The first-order valence-corrected chi connectivity index (χ1v) is 11.6. The Hall–Kier alpha value is -2.71. The van der Waals surface area contributed by atoms with E-state index in [1.165, 1.54) is 4.70 Å². The van der Waals surface area contributed by atoms with E-state index in [4.69, 9.17) is 0 Å². The van der Waals surface area contributed by atoms with Gasteiger partial charge >= 0.3 is 0 Å². The molecule has 1 N–H and O–H groups in total. The number of hydrogen-bond donors (Lipinski definition) is 1. The van der Waals surface area contributed by atoms with Crippen LogP contribution in [0.2, 0.25) is 0 Å². The molecule has 3 heterocycles. The predicted molar refractivity (Wildman–Crippen MR) is 124 cm³/mol. The highest BCUT2D eigenvalue weighted by atomic mass is 32.2. The van der Waals surface area contributed by atoms with Gasteiger partial charge in [0.05, 0.1) is 21.7 Å². The summed E-state index contributed by atoms with van der Waals surface area (Å²) in [6.45, 7) is 6.28. The van der Waals surface area contributed by atoms with E-state index in [-0.39, 0.29) is 11.3 Å². The van der Waals surface area contributed by atoms with Crippen LogP contribution in [0.1, 0.15) is 31.5 Å². The van der Waals surface area contributed by atoms with Gasteiger partial charge in [0, 0.05) is 23.4 Å². The van der Waals surface area contributed by atoms with Crippen LogP contribution in [0.5, 0.6) is 0 Å². The molecule has 3 aromatic heterocycles. The summed E-state index contributed by atoms with van der Waals surface area (Å²) in [6.07, 6.45) is 1.72. The highest BCUT2D eigenvalue weighted by molar-refractivity contribution is 7.99. The molecule has 0 atom stereocenters. The van der Waals surface area contributed by atoms with Gasteiger partial charge in [-0.1, -0.05) is 39.0 Å². The molecule has 6 nitrogen and oxygen atoms in total. The highest BCUT2D eigenvalue weighted by Gasteiger charge is 2.22. The van der Waals surface area contributed by atoms with E-state index < -0.39 is 0 Å². The van der Waals surface area contributed by atoms with Gasteiger partial charge in [-0.25, -0.2) is 9.97 Å². The minimum atomic E-state index is -0.138. The number of carbonyl (C=O) groups is 1. The third-order valence-corrected chi connectivity index (χ3v) is 6.57. The van der Waals surface area contributed by atoms with Gasteiger partial charge in [0.1, 0.15) is 10.8 Å². The molecule has 0 aliphatic heterocycles. The van der Waals surface area contributed by atoms with Crippen LogP contribution in [-0.4, -0.2) is 31.4 Å². The SMILES string of the molecule is CC(C)(C)c1cc(NC(=O)CSCc2nc3ccccc3s2)n(-c2ccccn2)n1. The average molecular weight is 438 g/mol. The Balaban J connectivity index is 1.43. The van der Waals surface area contributed by atoms with Gasteiger partial charge in [0.25, 0.3) is 0 Å². The third-order valence-electron chi connectivity index (χ3n) is 4.41. The minimum Gasteiger partial charge on any atom is -0.310 e. The number of para-hydroxylation sites is 1. The summed E-state index contributed by atoms with van der Waals surface area (Å²) in [5.74, 6) is 2.28. The van der Waals surface area contributed by atoms with Crippen molar-refractivity contribution in [1.82, 2.24) is 19.7 Å². The van der Waals surface area contributed by atoms with Gasteiger partial charge < -0.3 is 5.32 Å². The Morgan fingerprint density at radius 2 is 1.97 bits per heavy atom. The molecule has 1 amide bonds. The van der Waals surface area contributed by atoms with E-state index in [9.17, 15) is 4.79 Å². The molecule has 0 aliphatic rings. The van der Waals surface area contributed by atoms with Crippen LogP contribution in [0.15, 0.2) is 54.7 Å². The molecule has 0 unspecified atom stereocenters. The molecule has 0 saturated carbocycles. The Morgan fingerprint density at radius 1 is 1.17 bits per heavy atom. The van der Waals surface area contributed by atoms with Crippen LogP contribution in [-0.2, 0) is 16.0 Å². The maximum Gasteiger partial charge on any atom is 0.235 e. The maximum absolute atomic E-state index is 12.6. The lowest BCUT2D eigenvalue weighted by atomic mass is 9.92. The zero-order valence-corrected chi connectivity index (χ0v) is 18.8. The highest BCUT2D eigenvalue weighted by Crippen LogP contribution is 2.27. The van der Waals surface area contributed by atoms with E-state index >= 15 is 0 Å². The number of thiazole rings is 1. The van der Waals surface area contributed by atoms with Crippen LogP contribution < -0.4 is 5.32 Å². The quantitative estimate of drug-likeness (QED) is 0.457. The molecular weight excluding hydrogens is 414 g/mol. The molecule has 0 bridgehead atoms. The summed E-state index contributed by atoms with van der Waals surface area (Å²) in [5, 5.41) is 8.71. The number of nitrogens with zero attached hydrogens (tertiary/aromatic N) is 4. The molecule has 0 radical (unpaired) electrons. The van der Waals surface area contributed by atoms with Gasteiger partial charge in [-0.2, -0.15) is 9.78 Å². The molecule has 0 aliphatic carbocycles. The summed E-state index contributed by atoms with van der Waals surface area (Å²) in [6, 6.07) is 15.6. The molecule has 0 saturated heterocycles. The van der Waals surface area contributed by atoms with Crippen LogP contribution in [0, 0.1) is 0 Å². The van der Waals surface area contributed by atoms with Crippen molar-refractivity contribution in [1.29, 1.82) is 0 Å². The number of pyridine rings is 1. The van der Waals surface area contributed by atoms with Crippen molar-refractivity contribution in [2.45, 2.75) is 31.9 Å². The number of anilines is 1. The molecule has 154 valence electrons. The number of carbonyl (C=O) groups excluding carboxylic acids is 1. The number of fused-ring (bicyclic) bond motifs is 1. The Bertz CT molecular complexity index is 1130. The second kappa shape index (κ2) is 8.57. The zero-order chi connectivity index (χ0) is 21.1. The van der Waals surface area contributed by atoms with E-state index in [0.717, 1.165) is 16.2 Å². The molecule has 4 aromatic rings. The monoisotopic (exact) mass is 437 g/mol. The number of nitrogens with one attached hydrogen (secondary N) is 1. The molecule has 30 heavy (non-hydrogen) atoms. The summed E-state index contributed by atoms with van der Waals surface area (Å²) in [5.41, 5.74) is 1.77. The maximum atomic E-state index is 12.6. The standard InChI is InChI=1S/C22H23N5OS2/c1-22(2,3)17-12-19(27(26-17)18-10-6-7-11-23-18)25-20(28)13-29-14-21-24-15-8-4-5-9-16(15)30-21/h4-12H,13-14H2,1-3H3,(H,25,28). The van der Waals surface area contributed by atoms with Crippen molar-refractivity contribution >= 4 is 45.0 Å². The molecule has 1 aromatic carbocycles. The number of rotatable bonds is 6. The number of aromatic nitrogens is 4. The Kier molecular flexibility index (Phi) is 5.87. The van der Waals surface area contributed by atoms with Crippen LogP contribution >= 0.6 is 23.1 Å². The van der Waals surface area contributed by atoms with Crippen molar-refractivity contribution in [2.24, 2.45) is 0 Å². The van der Waals surface area contributed by atoms with E-state index in [2.05, 4.69) is 47.2 Å². The second-order valence-electron chi connectivity index (χ2n) is 7.88. The summed E-state index contributed by atoms with van der Waals surface area (Å²) in [7, 11) is 0. The fourth-order valence-corrected chi connectivity index (χ4v) is 4.73. The summed E-state index contributed by atoms with van der Waals surface area (Å²) >= 11 is 3.23. The lowest BCUT2D eigenvalue weighted by Crippen LogP contribution is -2.17. The van der Waals surface area contributed by atoms with E-state index in [1.807, 2.05) is 42.5 Å². The fraction of sp³-hybridized carbons (Fsp3) is 0.273. The second-order valence-corrected chi connectivity index (χ2v) is 9.98. The summed E-state index contributed by atoms with van der Waals surface area (Å²) in [4.78, 5) is 21.6. The zero-order valence-electron chi connectivity index (χ0n) is 17.1. The Morgan fingerprint density at radius 3 is 2.70 bits per heavy atom. The Labute approximate surface area is 183 Å². The van der Waals surface area contributed by atoms with Crippen molar-refractivity contribution in [2.75, 3.05) is 11.1 Å². The minimum absolute atomic E-state index is 0.0707. The van der Waals surface area contributed by atoms with Crippen molar-refractivity contribution < 1.29 is 4.79 Å². The van der Waals surface area contributed by atoms with Gasteiger partial charge in [0.15, 0.2) is 5.82 Å². The number of thioether (sulfide) groups is 1. The first kappa shape index (κ1) is 20.6. The van der Waals surface area contributed by atoms with Crippen molar-refractivity contribution in [3.63, 3.8) is 0 Å². The fourth-order valence-electron chi connectivity index (χ4n) is 2.88. The van der Waals surface area contributed by atoms with Crippen molar-refractivity contribution in [3.8, 4) is 5.82 Å². The van der Waals surface area contributed by atoms with Crippen LogP contribution in [0.3, 0.4) is 0 Å². The van der Waals surface area contributed by atoms with Gasteiger partial charge in [-0.05, 0) is 24.3 Å². The summed E-state index contributed by atoms with van der Waals surface area (Å²) < 4.78 is 2.86. The topological polar surface area (TPSA) is 72.7 Å². The third kappa shape index (κ3) is 4.71. The number of amides is 1. The first-order chi connectivity index (χ1) is 14.4. The molecular formula is C22H23N5OS2. The van der Waals surface area contributed by atoms with Crippen LogP contribution in [0.25, 0.3) is 16.0 Å². The smallest absolute Gasteiger partial charge is 0.235 e. The molecule has 0 fully saturated rings. The van der Waals surface area contributed by atoms with Gasteiger partial charge in [0.2, 0.25) is 5.91 Å². The number of benzene rings is 1. The van der Waals surface area contributed by atoms with E-state index in [0.29, 0.717) is 23.1 Å². The lowest BCUT2D eigenvalue weighted by Gasteiger charge is -2.13. The normalized spacial score (nSPS) is 11.7. The van der Waals surface area contributed by atoms with Crippen LogP contribution in [0.4, 0.5) is 5.82 Å². The van der Waals surface area contributed by atoms with Crippen molar-refractivity contribution in [3.05, 3.63) is 65.4 Å². The number of hydrogen-bond acceptors (Lipinski definition) is 6. The largest absolute Gasteiger partial charge is 0.310 e. The molecule has 4 rings (SSSR count). The molecule has 0 spiro atoms. The average Bonchev–Trinajstić information content (AvgIpc) is 3.32. The molecule has 8 heteroatoms.